The highest BCUT2D eigenvalue weighted by Gasteiger charge is 2.56. The highest BCUT2D eigenvalue weighted by Crippen LogP contribution is 2.51. The molecule has 1 aromatic heterocycles. The molecule has 10 heteroatoms. The molecule has 6 rings (SSSR count). The number of phenols is 1. The number of halogens is 1. The zero-order valence-electron chi connectivity index (χ0n) is 24.0. The second kappa shape index (κ2) is 12.6. The highest BCUT2D eigenvalue weighted by molar-refractivity contribution is 14.1. The largest absolute Gasteiger partial charge is 0.504 e. The van der Waals surface area contributed by atoms with E-state index in [9.17, 15) is 19.7 Å². The average Bonchev–Trinajstić information content (AvgIpc) is 3.59. The summed E-state index contributed by atoms with van der Waals surface area (Å²) < 4.78 is 12.2. The highest BCUT2D eigenvalue weighted by atomic mass is 127. The number of nitrogens with zero attached hydrogens (tertiary/aromatic N) is 1. The van der Waals surface area contributed by atoms with E-state index in [-0.39, 0.29) is 35.5 Å². The molecule has 0 bridgehead atoms. The number of benzene rings is 2. The summed E-state index contributed by atoms with van der Waals surface area (Å²) in [5.74, 6) is -0.802. The summed E-state index contributed by atoms with van der Waals surface area (Å²) in [7, 11) is 0.528. The first-order valence-corrected chi connectivity index (χ1v) is 16.4. The first-order valence-electron chi connectivity index (χ1n) is 14.5. The maximum Gasteiger partial charge on any atom is 0.455 e. The Balaban J connectivity index is 1.28. The van der Waals surface area contributed by atoms with Crippen molar-refractivity contribution >= 4 is 64.5 Å². The van der Waals surface area contributed by atoms with Crippen LogP contribution in [0, 0.1) is 21.3 Å². The van der Waals surface area contributed by atoms with E-state index in [1.165, 1.54) is 12.0 Å². The molecule has 0 spiro atoms. The molecule has 0 unspecified atom stereocenters. The Kier molecular flexibility index (Phi) is 8.82. The van der Waals surface area contributed by atoms with Crippen molar-refractivity contribution in [3.8, 4) is 11.5 Å². The third-order valence-corrected chi connectivity index (χ3v) is 10.6. The number of methoxy groups -OCH3 is 1. The van der Waals surface area contributed by atoms with Gasteiger partial charge >= 0.3 is 7.12 Å². The number of carbonyl (C=O) groups is 2. The summed E-state index contributed by atoms with van der Waals surface area (Å²) in [6.07, 6.45) is 3.82. The second-order valence-electron chi connectivity index (χ2n) is 11.5. The standard InChI is InChI=1S/C33H33BINO6S/c1-19-13-24-30(33(39)36(32(24)38)18-23-9-6-12-43-23)25-17-34(40)42-27(29(19)25)11-10-22(21-7-4-3-5-8-21)14-20-15-26(35)31(37)28(16-20)41-2/h3-9,12,14-16,24-25,27,30,37,40H,10-11,13,17-18H2,1-2H3/b22-14-/t24-,25+,27-,30-/m1/s1. The molecule has 0 radical (unpaired) electrons. The maximum absolute atomic E-state index is 13.7. The SMILES string of the molecule is COc1cc(/C=C(/CC[C@H]2OB(O)C[C@H]3C2=C(C)C[C@H]2C(=O)N(Cc4cccs4)C(=O)[C@H]23)c2ccccc2)cc(I)c1O. The Morgan fingerprint density at radius 3 is 2.67 bits per heavy atom. The number of fused-ring (bicyclic) bond motifs is 3. The minimum atomic E-state index is -1.01. The Morgan fingerprint density at radius 2 is 1.95 bits per heavy atom. The van der Waals surface area contributed by atoms with E-state index in [1.807, 2.05) is 54.8 Å². The van der Waals surface area contributed by atoms with Gasteiger partial charge < -0.3 is 19.5 Å². The van der Waals surface area contributed by atoms with Gasteiger partial charge in [0.2, 0.25) is 11.8 Å². The number of hydrogen-bond acceptors (Lipinski definition) is 7. The van der Waals surface area contributed by atoms with Gasteiger partial charge in [-0.15, -0.1) is 11.3 Å². The van der Waals surface area contributed by atoms with Crippen molar-refractivity contribution < 1.29 is 29.1 Å². The van der Waals surface area contributed by atoms with Gasteiger partial charge in [-0.2, -0.15) is 0 Å². The molecule has 2 N–H and O–H groups in total. The topological polar surface area (TPSA) is 96.3 Å². The molecule has 2 aromatic carbocycles. The van der Waals surface area contributed by atoms with Crippen LogP contribution in [-0.4, -0.2) is 47.2 Å². The quantitative estimate of drug-likeness (QED) is 0.0925. The molecule has 222 valence electrons. The van der Waals surface area contributed by atoms with Crippen molar-refractivity contribution in [2.24, 2.45) is 17.8 Å². The first-order chi connectivity index (χ1) is 20.7. The van der Waals surface area contributed by atoms with Crippen LogP contribution in [0.25, 0.3) is 11.6 Å². The number of likely N-dealkylation sites (tertiary alicyclic amines) is 1. The molecule has 3 aliphatic rings. The van der Waals surface area contributed by atoms with Crippen molar-refractivity contribution in [2.45, 2.75) is 45.2 Å². The van der Waals surface area contributed by atoms with Crippen LogP contribution < -0.4 is 4.74 Å². The molecule has 2 fully saturated rings. The summed E-state index contributed by atoms with van der Waals surface area (Å²) in [6.45, 7) is 2.35. The van der Waals surface area contributed by atoms with Gasteiger partial charge in [0.05, 0.1) is 35.2 Å². The van der Waals surface area contributed by atoms with Gasteiger partial charge in [0.15, 0.2) is 11.5 Å². The van der Waals surface area contributed by atoms with Gasteiger partial charge in [0, 0.05) is 4.88 Å². The Labute approximate surface area is 269 Å². The Morgan fingerprint density at radius 1 is 1.16 bits per heavy atom. The summed E-state index contributed by atoms with van der Waals surface area (Å²) in [5.41, 5.74) is 5.19. The minimum Gasteiger partial charge on any atom is -0.504 e. The second-order valence-corrected chi connectivity index (χ2v) is 13.7. The van der Waals surface area contributed by atoms with Crippen LogP contribution >= 0.6 is 33.9 Å². The Hall–Kier alpha value is -2.93. The van der Waals surface area contributed by atoms with E-state index in [2.05, 4.69) is 40.8 Å². The van der Waals surface area contributed by atoms with Crippen LogP contribution in [0.1, 0.15) is 42.2 Å². The molecule has 1 aliphatic carbocycles. The van der Waals surface area contributed by atoms with Crippen molar-refractivity contribution in [3.05, 3.63) is 90.7 Å². The van der Waals surface area contributed by atoms with Crippen molar-refractivity contribution in [1.29, 1.82) is 0 Å². The molecular formula is C33H33BINO6S. The molecule has 4 atom stereocenters. The van der Waals surface area contributed by atoms with E-state index in [1.54, 1.807) is 11.3 Å². The van der Waals surface area contributed by atoms with Crippen molar-refractivity contribution in [2.75, 3.05) is 7.11 Å². The van der Waals surface area contributed by atoms with E-state index in [0.717, 1.165) is 32.7 Å². The first kappa shape index (κ1) is 30.1. The van der Waals surface area contributed by atoms with Crippen LogP contribution in [0.3, 0.4) is 0 Å². The molecule has 0 saturated carbocycles. The number of amides is 2. The van der Waals surface area contributed by atoms with Crippen LogP contribution in [0.15, 0.2) is 71.1 Å². The molecular weight excluding hydrogens is 676 g/mol. The summed E-state index contributed by atoms with van der Waals surface area (Å²) in [6, 6.07) is 17.7. The fourth-order valence-corrected chi connectivity index (χ4v) is 8.29. The molecule has 7 nitrogen and oxygen atoms in total. The molecule has 43 heavy (non-hydrogen) atoms. The van der Waals surface area contributed by atoms with Crippen LogP contribution in [0.2, 0.25) is 6.32 Å². The van der Waals surface area contributed by atoms with Gasteiger partial charge in [-0.3, -0.25) is 14.5 Å². The van der Waals surface area contributed by atoms with Crippen molar-refractivity contribution in [3.63, 3.8) is 0 Å². The molecule has 2 aliphatic heterocycles. The summed E-state index contributed by atoms with van der Waals surface area (Å²) >= 11 is 3.64. The lowest BCUT2D eigenvalue weighted by atomic mass is 9.58. The fraction of sp³-hybridized carbons (Fsp3) is 0.333. The number of phenolic OH excluding ortho intramolecular Hbond substituents is 1. The monoisotopic (exact) mass is 709 g/mol. The zero-order valence-corrected chi connectivity index (χ0v) is 27.0. The lowest BCUT2D eigenvalue weighted by Crippen LogP contribution is -2.46. The van der Waals surface area contributed by atoms with Gasteiger partial charge in [0.1, 0.15) is 0 Å². The maximum atomic E-state index is 13.7. The van der Waals surface area contributed by atoms with Crippen LogP contribution in [0.4, 0.5) is 0 Å². The smallest absolute Gasteiger partial charge is 0.455 e. The summed E-state index contributed by atoms with van der Waals surface area (Å²) in [5, 5.41) is 23.2. The zero-order chi connectivity index (χ0) is 30.2. The Bertz CT molecular complexity index is 1590. The number of ether oxygens (including phenoxy) is 1. The molecule has 2 amide bonds. The number of rotatable bonds is 8. The van der Waals surface area contributed by atoms with Gasteiger partial charge in [-0.1, -0.05) is 48.0 Å². The predicted molar refractivity (Wildman–Crippen MR) is 176 cm³/mol. The molecule has 3 heterocycles. The summed E-state index contributed by atoms with van der Waals surface area (Å²) in [4.78, 5) is 29.6. The molecule has 3 aromatic rings. The number of imide groups is 1. The van der Waals surface area contributed by atoms with E-state index < -0.39 is 13.0 Å². The average molecular weight is 709 g/mol. The fourth-order valence-electron chi connectivity index (χ4n) is 6.97. The number of aromatic hydroxyl groups is 1. The van der Waals surface area contributed by atoms with Crippen LogP contribution in [0.5, 0.6) is 11.5 Å². The normalized spacial score (nSPS) is 24.0. The van der Waals surface area contributed by atoms with E-state index in [4.69, 9.17) is 9.39 Å². The molecule has 2 saturated heterocycles. The predicted octanol–water partition coefficient (Wildman–Crippen LogP) is 6.40. The third kappa shape index (κ3) is 5.94. The van der Waals surface area contributed by atoms with Crippen LogP contribution in [-0.2, 0) is 20.8 Å². The third-order valence-electron chi connectivity index (χ3n) is 8.87. The van der Waals surface area contributed by atoms with E-state index >= 15 is 0 Å². The lowest BCUT2D eigenvalue weighted by molar-refractivity contribution is -0.140. The van der Waals surface area contributed by atoms with Gasteiger partial charge in [-0.05, 0) is 107 Å². The van der Waals surface area contributed by atoms with E-state index in [0.29, 0.717) is 41.4 Å². The van der Waals surface area contributed by atoms with Crippen molar-refractivity contribution in [1.82, 2.24) is 4.90 Å². The van der Waals surface area contributed by atoms with Gasteiger partial charge in [-0.25, -0.2) is 0 Å². The number of carbonyl (C=O) groups excluding carboxylic acids is 2. The number of allylic oxidation sites excluding steroid dienone is 2. The van der Waals surface area contributed by atoms with Gasteiger partial charge in [0.25, 0.3) is 0 Å². The minimum absolute atomic E-state index is 0.104. The lowest BCUT2D eigenvalue weighted by Gasteiger charge is -2.42. The number of thiophene rings is 1. The number of hydrogen-bond donors (Lipinski definition) is 2.